The molecule has 8 heteroatoms. The number of carbonyl (C=O) groups is 1. The largest absolute Gasteiger partial charge is 0.465 e. The molecular weight excluding hydrogens is 378 g/mol. The summed E-state index contributed by atoms with van der Waals surface area (Å²) in [4.78, 5) is 42.6. The summed E-state index contributed by atoms with van der Waals surface area (Å²) in [5.74, 6) is -0.493. The van der Waals surface area contributed by atoms with E-state index >= 15 is 0 Å². The molecule has 0 N–H and O–H groups in total. The molecule has 0 amide bonds. The van der Waals surface area contributed by atoms with Crippen molar-refractivity contribution in [2.75, 3.05) is 20.2 Å². The lowest BCUT2D eigenvalue weighted by Crippen LogP contribution is -2.40. The van der Waals surface area contributed by atoms with Gasteiger partial charge in [0.15, 0.2) is 0 Å². The van der Waals surface area contributed by atoms with Crippen molar-refractivity contribution in [3.63, 3.8) is 0 Å². The third kappa shape index (κ3) is 3.08. The van der Waals surface area contributed by atoms with Crippen LogP contribution in [0.15, 0.2) is 39.9 Å². The van der Waals surface area contributed by atoms with Gasteiger partial charge in [-0.2, -0.15) is 0 Å². The first kappa shape index (κ1) is 18.6. The van der Waals surface area contributed by atoms with Crippen LogP contribution in [0.1, 0.15) is 17.4 Å². The minimum absolute atomic E-state index is 0.217. The summed E-state index contributed by atoms with van der Waals surface area (Å²) in [5.41, 5.74) is 0.632. The Bertz CT molecular complexity index is 1160. The van der Waals surface area contributed by atoms with E-state index in [1.807, 2.05) is 13.1 Å². The molecule has 0 spiro atoms. The van der Waals surface area contributed by atoms with Crippen molar-refractivity contribution >= 4 is 27.5 Å². The number of fused-ring (bicyclic) bond motifs is 3. The van der Waals surface area contributed by atoms with Crippen LogP contribution >= 0.6 is 11.3 Å². The van der Waals surface area contributed by atoms with Crippen LogP contribution in [0.2, 0.25) is 0 Å². The highest BCUT2D eigenvalue weighted by atomic mass is 32.1. The van der Waals surface area contributed by atoms with Gasteiger partial charge in [0.2, 0.25) is 0 Å². The number of aromatic nitrogens is 2. The van der Waals surface area contributed by atoms with Crippen LogP contribution in [0, 0.1) is 0 Å². The van der Waals surface area contributed by atoms with E-state index in [0.717, 1.165) is 34.5 Å². The van der Waals surface area contributed by atoms with E-state index in [1.165, 1.54) is 15.9 Å². The quantitative estimate of drug-likeness (QED) is 0.625. The summed E-state index contributed by atoms with van der Waals surface area (Å²) in [6.45, 7) is 3.32. The first-order valence-corrected chi connectivity index (χ1v) is 10.0. The number of para-hydroxylation sites is 1. The molecule has 7 nitrogen and oxygen atoms in total. The number of ether oxygens (including phenoxy) is 1. The maximum atomic E-state index is 13.4. The molecular formula is C20H21N3O4S. The van der Waals surface area contributed by atoms with Crippen LogP contribution in [-0.2, 0) is 29.0 Å². The average molecular weight is 399 g/mol. The molecule has 0 saturated carbocycles. The van der Waals surface area contributed by atoms with Gasteiger partial charge in [0.25, 0.3) is 5.56 Å². The van der Waals surface area contributed by atoms with Crippen molar-refractivity contribution in [3.05, 3.63) is 61.6 Å². The molecule has 0 aliphatic carbocycles. The number of rotatable bonds is 4. The highest BCUT2D eigenvalue weighted by Crippen LogP contribution is 2.32. The van der Waals surface area contributed by atoms with Crippen molar-refractivity contribution in [3.8, 4) is 5.69 Å². The molecule has 0 saturated heterocycles. The van der Waals surface area contributed by atoms with Crippen LogP contribution in [0.25, 0.3) is 15.9 Å². The van der Waals surface area contributed by atoms with Gasteiger partial charge in [-0.1, -0.05) is 18.2 Å². The van der Waals surface area contributed by atoms with Gasteiger partial charge in [0, 0.05) is 18.0 Å². The number of nitrogens with zero attached hydrogens (tertiary/aromatic N) is 3. The standard InChI is InChI=1S/C20H21N3O4S/c1-3-27-16(24)12-22-19-17(14-9-10-21(2)11-15(14)28-19)18(25)23(20(22)26)13-7-5-4-6-8-13/h4-8H,3,9-12H2,1-2H3. The van der Waals surface area contributed by atoms with E-state index in [4.69, 9.17) is 4.74 Å². The number of likely N-dealkylation sites (N-methyl/N-ethyl adjacent to an activating group) is 1. The summed E-state index contributed by atoms with van der Waals surface area (Å²) in [7, 11) is 2.03. The SMILES string of the molecule is CCOC(=O)Cn1c(=O)n(-c2ccccc2)c(=O)c2c3c(sc21)CN(C)CC3. The maximum absolute atomic E-state index is 13.4. The highest BCUT2D eigenvalue weighted by molar-refractivity contribution is 7.18. The topological polar surface area (TPSA) is 73.5 Å². The molecule has 1 aliphatic heterocycles. The normalized spacial score (nSPS) is 14.2. The van der Waals surface area contributed by atoms with Crippen LogP contribution in [0.5, 0.6) is 0 Å². The molecule has 4 rings (SSSR count). The second-order valence-corrected chi connectivity index (χ2v) is 7.91. The van der Waals surface area contributed by atoms with Crippen molar-refractivity contribution in [1.82, 2.24) is 14.0 Å². The Morgan fingerprint density at radius 3 is 2.68 bits per heavy atom. The summed E-state index contributed by atoms with van der Waals surface area (Å²) in [6.07, 6.45) is 0.744. The van der Waals surface area contributed by atoms with Crippen LogP contribution in [-0.4, -0.2) is 40.2 Å². The van der Waals surface area contributed by atoms with Crippen LogP contribution < -0.4 is 11.2 Å². The molecule has 1 aromatic carbocycles. The van der Waals surface area contributed by atoms with Gasteiger partial charge in [0.05, 0.1) is 17.7 Å². The Balaban J connectivity index is 2.04. The van der Waals surface area contributed by atoms with E-state index in [1.54, 1.807) is 31.2 Å². The van der Waals surface area contributed by atoms with Crippen molar-refractivity contribution < 1.29 is 9.53 Å². The number of benzene rings is 1. The molecule has 3 aromatic rings. The van der Waals surface area contributed by atoms with Crippen LogP contribution in [0.3, 0.4) is 0 Å². The van der Waals surface area contributed by atoms with Gasteiger partial charge in [-0.05, 0) is 38.1 Å². The van der Waals surface area contributed by atoms with Gasteiger partial charge in [-0.3, -0.25) is 14.2 Å². The third-order valence-electron chi connectivity index (χ3n) is 4.92. The fourth-order valence-corrected chi connectivity index (χ4v) is 5.02. The first-order valence-electron chi connectivity index (χ1n) is 9.21. The van der Waals surface area contributed by atoms with E-state index in [-0.39, 0.29) is 18.7 Å². The van der Waals surface area contributed by atoms with Gasteiger partial charge in [-0.15, -0.1) is 11.3 Å². The molecule has 0 radical (unpaired) electrons. The summed E-state index contributed by atoms with van der Waals surface area (Å²) < 4.78 is 7.59. The van der Waals surface area contributed by atoms with Crippen LogP contribution in [0.4, 0.5) is 0 Å². The third-order valence-corrected chi connectivity index (χ3v) is 6.16. The number of thiophene rings is 1. The molecule has 146 valence electrons. The Morgan fingerprint density at radius 2 is 1.96 bits per heavy atom. The Labute approximate surface area is 165 Å². The Hall–Kier alpha value is -2.71. The lowest BCUT2D eigenvalue weighted by molar-refractivity contribution is -0.143. The van der Waals surface area contributed by atoms with E-state index in [0.29, 0.717) is 15.9 Å². The summed E-state index contributed by atoms with van der Waals surface area (Å²) >= 11 is 1.42. The first-order chi connectivity index (χ1) is 13.5. The number of carbonyl (C=O) groups excluding carboxylic acids is 1. The lowest BCUT2D eigenvalue weighted by atomic mass is 10.1. The summed E-state index contributed by atoms with van der Waals surface area (Å²) in [6, 6.07) is 8.82. The molecule has 0 unspecified atom stereocenters. The molecule has 0 bridgehead atoms. The lowest BCUT2D eigenvalue weighted by Gasteiger charge is -2.21. The second kappa shape index (κ2) is 7.37. The summed E-state index contributed by atoms with van der Waals surface area (Å²) in [5, 5.41) is 0.542. The molecule has 1 aliphatic rings. The Kier molecular flexibility index (Phi) is 4.91. The maximum Gasteiger partial charge on any atom is 0.337 e. The zero-order chi connectivity index (χ0) is 19.8. The minimum Gasteiger partial charge on any atom is -0.465 e. The van der Waals surface area contributed by atoms with E-state index in [9.17, 15) is 14.4 Å². The fourth-order valence-electron chi connectivity index (χ4n) is 3.61. The zero-order valence-corrected chi connectivity index (χ0v) is 16.6. The van der Waals surface area contributed by atoms with Gasteiger partial charge < -0.3 is 9.64 Å². The molecule has 2 aromatic heterocycles. The molecule has 3 heterocycles. The van der Waals surface area contributed by atoms with E-state index in [2.05, 4.69) is 4.90 Å². The number of hydrogen-bond acceptors (Lipinski definition) is 6. The van der Waals surface area contributed by atoms with Gasteiger partial charge >= 0.3 is 11.7 Å². The predicted molar refractivity (Wildman–Crippen MR) is 108 cm³/mol. The predicted octanol–water partition coefficient (Wildman–Crippen LogP) is 1.76. The smallest absolute Gasteiger partial charge is 0.337 e. The zero-order valence-electron chi connectivity index (χ0n) is 15.8. The highest BCUT2D eigenvalue weighted by Gasteiger charge is 2.26. The Morgan fingerprint density at radius 1 is 1.21 bits per heavy atom. The molecule has 28 heavy (non-hydrogen) atoms. The number of hydrogen-bond donors (Lipinski definition) is 0. The van der Waals surface area contributed by atoms with Gasteiger partial charge in [0.1, 0.15) is 11.4 Å². The van der Waals surface area contributed by atoms with Crippen molar-refractivity contribution in [2.45, 2.75) is 26.4 Å². The van der Waals surface area contributed by atoms with Crippen molar-refractivity contribution in [1.29, 1.82) is 0 Å². The number of esters is 1. The van der Waals surface area contributed by atoms with E-state index < -0.39 is 11.7 Å². The second-order valence-electron chi connectivity index (χ2n) is 6.82. The fraction of sp³-hybridized carbons (Fsp3) is 0.350. The monoisotopic (exact) mass is 399 g/mol. The average Bonchev–Trinajstić information content (AvgIpc) is 3.05. The molecule has 0 fully saturated rings. The minimum atomic E-state index is -0.524. The molecule has 0 atom stereocenters. The van der Waals surface area contributed by atoms with Gasteiger partial charge in [-0.25, -0.2) is 9.36 Å². The van der Waals surface area contributed by atoms with Crippen molar-refractivity contribution in [2.24, 2.45) is 0 Å².